The number of nitrogens with one attached hydrogen (secondary N) is 1. The minimum atomic E-state index is -0.339. The van der Waals surface area contributed by atoms with E-state index in [1.807, 2.05) is 16.9 Å². The Kier molecular flexibility index (Phi) is 5.43. The number of halogens is 1. The Hall–Kier alpha value is -4.27. The van der Waals surface area contributed by atoms with Crippen molar-refractivity contribution in [2.75, 3.05) is 6.54 Å². The van der Waals surface area contributed by atoms with Crippen LogP contribution in [0.3, 0.4) is 0 Å². The molecule has 5 aromatic rings. The molecule has 1 amide bonds. The Bertz CT molecular complexity index is 1490. The number of hydrogen-bond acceptors (Lipinski definition) is 4. The van der Waals surface area contributed by atoms with Gasteiger partial charge in [0.05, 0.1) is 23.8 Å². The molecular weight excluding hydrogens is 423 g/mol. The Labute approximate surface area is 187 Å². The van der Waals surface area contributed by atoms with Crippen molar-refractivity contribution in [2.24, 2.45) is 0 Å². The maximum Gasteiger partial charge on any atom is 0.277 e. The molecule has 0 aliphatic carbocycles. The number of nitrogens with zero attached hydrogens (tertiary/aromatic N) is 5. The molecule has 1 N–H and O–H groups in total. The van der Waals surface area contributed by atoms with Crippen LogP contribution in [0, 0.1) is 5.82 Å². The summed E-state index contributed by atoms with van der Waals surface area (Å²) < 4.78 is 18.3. The lowest BCUT2D eigenvalue weighted by atomic mass is 10.1. The first kappa shape index (κ1) is 20.6. The summed E-state index contributed by atoms with van der Waals surface area (Å²) in [7, 11) is 0. The molecule has 0 fully saturated rings. The molecule has 0 atom stereocenters. The van der Waals surface area contributed by atoms with E-state index < -0.39 is 0 Å². The van der Waals surface area contributed by atoms with Crippen molar-refractivity contribution < 1.29 is 9.18 Å². The van der Waals surface area contributed by atoms with Crippen LogP contribution in [0.5, 0.6) is 0 Å². The average molecular weight is 444 g/mol. The predicted octanol–water partition coefficient (Wildman–Crippen LogP) is 2.85. The fourth-order valence-electron chi connectivity index (χ4n) is 3.87. The third-order valence-electron chi connectivity index (χ3n) is 5.53. The molecular formula is C24H21FN6O2. The van der Waals surface area contributed by atoms with E-state index >= 15 is 0 Å². The van der Waals surface area contributed by atoms with E-state index in [4.69, 9.17) is 0 Å². The highest BCUT2D eigenvalue weighted by Crippen LogP contribution is 2.18. The Morgan fingerprint density at radius 2 is 1.82 bits per heavy atom. The SMILES string of the molecule is O=C(NCCCn1cccn1)c1ccc2c(c1)n(Cc1ccc(F)cc1)c(=O)c1ccnn12. The van der Waals surface area contributed by atoms with Gasteiger partial charge in [0, 0.05) is 31.0 Å². The molecule has 2 aromatic carbocycles. The van der Waals surface area contributed by atoms with Crippen LogP contribution in [-0.4, -0.2) is 36.4 Å². The van der Waals surface area contributed by atoms with E-state index in [9.17, 15) is 14.0 Å². The van der Waals surface area contributed by atoms with Crippen molar-refractivity contribution >= 4 is 22.5 Å². The van der Waals surface area contributed by atoms with Gasteiger partial charge in [-0.2, -0.15) is 10.2 Å². The summed E-state index contributed by atoms with van der Waals surface area (Å²) in [6.45, 7) is 1.45. The van der Waals surface area contributed by atoms with Crippen molar-refractivity contribution in [2.45, 2.75) is 19.5 Å². The smallest absolute Gasteiger partial charge is 0.277 e. The number of hydrogen-bond donors (Lipinski definition) is 1. The van der Waals surface area contributed by atoms with Gasteiger partial charge in [-0.1, -0.05) is 12.1 Å². The highest BCUT2D eigenvalue weighted by Gasteiger charge is 2.15. The summed E-state index contributed by atoms with van der Waals surface area (Å²) in [4.78, 5) is 26.0. The standard InChI is InChI=1S/C24H21FN6O2/c25-19-6-3-17(4-7-19)16-30-22-15-18(23(32)26-10-1-13-29-14-2-11-27-29)5-8-20(22)31-21(24(30)33)9-12-28-31/h2-9,11-12,14-15H,1,10,13,16H2,(H,26,32). The van der Waals surface area contributed by atoms with Gasteiger partial charge in [0.1, 0.15) is 11.3 Å². The van der Waals surface area contributed by atoms with Gasteiger partial charge in [-0.3, -0.25) is 14.3 Å². The van der Waals surface area contributed by atoms with Crippen LogP contribution in [0.4, 0.5) is 4.39 Å². The van der Waals surface area contributed by atoms with Gasteiger partial charge in [-0.25, -0.2) is 8.91 Å². The van der Waals surface area contributed by atoms with Crippen LogP contribution in [0.2, 0.25) is 0 Å². The lowest BCUT2D eigenvalue weighted by Gasteiger charge is -2.14. The largest absolute Gasteiger partial charge is 0.352 e. The molecule has 9 heteroatoms. The van der Waals surface area contributed by atoms with Crippen molar-refractivity contribution in [3.8, 4) is 0 Å². The number of aryl methyl sites for hydroxylation is 1. The molecule has 0 saturated carbocycles. The molecule has 0 unspecified atom stereocenters. The van der Waals surface area contributed by atoms with Gasteiger partial charge in [0.2, 0.25) is 0 Å². The maximum atomic E-state index is 13.3. The Balaban J connectivity index is 1.46. The summed E-state index contributed by atoms with van der Waals surface area (Å²) in [5.74, 6) is -0.563. The lowest BCUT2D eigenvalue weighted by Crippen LogP contribution is -2.26. The number of rotatable bonds is 7. The van der Waals surface area contributed by atoms with E-state index in [0.29, 0.717) is 35.2 Å². The number of amides is 1. The van der Waals surface area contributed by atoms with Crippen LogP contribution < -0.4 is 10.9 Å². The summed E-state index contributed by atoms with van der Waals surface area (Å²) >= 11 is 0. The first-order valence-electron chi connectivity index (χ1n) is 10.6. The minimum Gasteiger partial charge on any atom is -0.352 e. The van der Waals surface area contributed by atoms with Crippen molar-refractivity contribution in [3.63, 3.8) is 0 Å². The topological polar surface area (TPSA) is 86.2 Å². The molecule has 3 heterocycles. The van der Waals surface area contributed by atoms with Crippen LogP contribution in [-0.2, 0) is 13.1 Å². The zero-order valence-electron chi connectivity index (χ0n) is 17.7. The maximum absolute atomic E-state index is 13.3. The summed E-state index contributed by atoms with van der Waals surface area (Å²) in [5.41, 5.74) is 2.69. The number of carbonyl (C=O) groups excluding carboxylic acids is 1. The van der Waals surface area contributed by atoms with Crippen molar-refractivity contribution in [3.05, 3.63) is 100 Å². The van der Waals surface area contributed by atoms with Crippen molar-refractivity contribution in [1.82, 2.24) is 29.3 Å². The first-order chi connectivity index (χ1) is 16.1. The van der Waals surface area contributed by atoms with Crippen LogP contribution >= 0.6 is 0 Å². The van der Waals surface area contributed by atoms with Crippen molar-refractivity contribution in [1.29, 1.82) is 0 Å². The second-order valence-corrected chi connectivity index (χ2v) is 7.73. The number of aromatic nitrogens is 5. The van der Waals surface area contributed by atoms with Gasteiger partial charge >= 0.3 is 0 Å². The average Bonchev–Trinajstić information content (AvgIpc) is 3.53. The lowest BCUT2D eigenvalue weighted by molar-refractivity contribution is 0.0952. The molecule has 3 aromatic heterocycles. The summed E-state index contributed by atoms with van der Waals surface area (Å²) in [6, 6.07) is 14.7. The third kappa shape index (κ3) is 4.12. The molecule has 33 heavy (non-hydrogen) atoms. The van der Waals surface area contributed by atoms with Crippen LogP contribution in [0.25, 0.3) is 16.6 Å². The molecule has 8 nitrogen and oxygen atoms in total. The monoisotopic (exact) mass is 444 g/mol. The highest BCUT2D eigenvalue weighted by atomic mass is 19.1. The molecule has 0 saturated heterocycles. The summed E-state index contributed by atoms with van der Waals surface area (Å²) in [5, 5.41) is 11.3. The molecule has 0 aliphatic rings. The van der Waals surface area contributed by atoms with Gasteiger partial charge < -0.3 is 9.88 Å². The van der Waals surface area contributed by atoms with Gasteiger partial charge in [-0.15, -0.1) is 0 Å². The fourth-order valence-corrected chi connectivity index (χ4v) is 3.87. The normalized spacial score (nSPS) is 11.3. The molecule has 0 bridgehead atoms. The van der Waals surface area contributed by atoms with E-state index in [1.54, 1.807) is 57.9 Å². The van der Waals surface area contributed by atoms with Gasteiger partial charge in [-0.05, 0) is 54.4 Å². The zero-order chi connectivity index (χ0) is 22.8. The quantitative estimate of drug-likeness (QED) is 0.391. The highest BCUT2D eigenvalue weighted by molar-refractivity contribution is 5.97. The Morgan fingerprint density at radius 1 is 0.970 bits per heavy atom. The van der Waals surface area contributed by atoms with E-state index in [2.05, 4.69) is 15.5 Å². The molecule has 0 aliphatic heterocycles. The number of fused-ring (bicyclic) bond motifs is 3. The van der Waals surface area contributed by atoms with E-state index in [0.717, 1.165) is 12.0 Å². The molecule has 166 valence electrons. The number of carbonyl (C=O) groups is 1. The Morgan fingerprint density at radius 3 is 2.61 bits per heavy atom. The first-order valence-corrected chi connectivity index (χ1v) is 10.6. The zero-order valence-corrected chi connectivity index (χ0v) is 17.7. The van der Waals surface area contributed by atoms with Gasteiger partial charge in [0.15, 0.2) is 0 Å². The molecule has 0 radical (unpaired) electrons. The second kappa shape index (κ2) is 8.70. The molecule has 0 spiro atoms. The summed E-state index contributed by atoms with van der Waals surface area (Å²) in [6.07, 6.45) is 5.90. The van der Waals surface area contributed by atoms with Crippen LogP contribution in [0.1, 0.15) is 22.3 Å². The predicted molar refractivity (Wildman–Crippen MR) is 122 cm³/mol. The number of benzene rings is 2. The van der Waals surface area contributed by atoms with Crippen LogP contribution in [0.15, 0.2) is 78.0 Å². The third-order valence-corrected chi connectivity index (χ3v) is 5.53. The minimum absolute atomic E-state index is 0.223. The second-order valence-electron chi connectivity index (χ2n) is 7.73. The molecule has 5 rings (SSSR count). The van der Waals surface area contributed by atoms with E-state index in [1.165, 1.54) is 12.1 Å². The van der Waals surface area contributed by atoms with Gasteiger partial charge in [0.25, 0.3) is 11.5 Å². The van der Waals surface area contributed by atoms with E-state index in [-0.39, 0.29) is 23.8 Å². The fraction of sp³-hybridized carbons (Fsp3) is 0.167.